The van der Waals surface area contributed by atoms with Gasteiger partial charge in [0.1, 0.15) is 11.4 Å². The first kappa shape index (κ1) is 22.2. The second kappa shape index (κ2) is 9.35. The molecule has 1 aliphatic carbocycles. The standard InChI is InChI=1S/C27H29N5O2/c1-17-4-10-22(12-17)32-16-21(9-11-26(32)33)24-15-29-18(2)27(30-24)25-13-23(31-34-25)20-7-5-19(6-8-20)14-28-3/h5-9,11,13,15-17,22,28H,4,10,12,14H2,1-3H3. The van der Waals surface area contributed by atoms with Crippen molar-refractivity contribution in [2.75, 3.05) is 7.05 Å². The Kier molecular flexibility index (Phi) is 6.11. The lowest BCUT2D eigenvalue weighted by Crippen LogP contribution is -2.22. The van der Waals surface area contributed by atoms with Crippen LogP contribution < -0.4 is 10.9 Å². The van der Waals surface area contributed by atoms with Gasteiger partial charge in [0.15, 0.2) is 5.76 Å². The van der Waals surface area contributed by atoms with E-state index in [1.165, 1.54) is 5.56 Å². The fourth-order valence-electron chi connectivity index (χ4n) is 4.71. The summed E-state index contributed by atoms with van der Waals surface area (Å²) in [5.74, 6) is 1.21. The third-order valence-corrected chi connectivity index (χ3v) is 6.62. The van der Waals surface area contributed by atoms with E-state index >= 15 is 0 Å². The first-order chi connectivity index (χ1) is 16.5. The van der Waals surface area contributed by atoms with E-state index in [-0.39, 0.29) is 11.6 Å². The number of rotatable bonds is 6. The fraction of sp³-hybridized carbons (Fsp3) is 0.333. The van der Waals surface area contributed by atoms with Gasteiger partial charge in [0, 0.05) is 42.0 Å². The molecule has 0 saturated heterocycles. The smallest absolute Gasteiger partial charge is 0.250 e. The minimum atomic E-state index is 0.0313. The largest absolute Gasteiger partial charge is 0.354 e. The molecule has 0 aliphatic heterocycles. The first-order valence-corrected chi connectivity index (χ1v) is 11.8. The van der Waals surface area contributed by atoms with Gasteiger partial charge in [-0.25, -0.2) is 4.98 Å². The maximum Gasteiger partial charge on any atom is 0.250 e. The van der Waals surface area contributed by atoms with Crippen LogP contribution in [0.5, 0.6) is 0 Å². The van der Waals surface area contributed by atoms with Crippen molar-refractivity contribution in [2.45, 2.75) is 45.7 Å². The van der Waals surface area contributed by atoms with Crippen LogP contribution in [-0.4, -0.2) is 26.7 Å². The van der Waals surface area contributed by atoms with Crippen LogP contribution in [0, 0.1) is 12.8 Å². The van der Waals surface area contributed by atoms with E-state index in [9.17, 15) is 4.79 Å². The van der Waals surface area contributed by atoms with E-state index in [0.717, 1.165) is 48.3 Å². The van der Waals surface area contributed by atoms with E-state index in [2.05, 4.69) is 34.5 Å². The summed E-state index contributed by atoms with van der Waals surface area (Å²) < 4.78 is 7.54. The molecule has 2 atom stereocenters. The summed E-state index contributed by atoms with van der Waals surface area (Å²) in [5, 5.41) is 7.41. The molecule has 1 N–H and O–H groups in total. The molecule has 34 heavy (non-hydrogen) atoms. The molecule has 4 aromatic rings. The van der Waals surface area contributed by atoms with Crippen molar-refractivity contribution in [2.24, 2.45) is 5.92 Å². The zero-order chi connectivity index (χ0) is 23.7. The SMILES string of the molecule is CNCc1ccc(-c2cc(-c3nc(-c4ccc(=O)n(C5CCC(C)C5)c4)cnc3C)on2)cc1. The minimum absolute atomic E-state index is 0.0313. The third-order valence-electron chi connectivity index (χ3n) is 6.62. The monoisotopic (exact) mass is 455 g/mol. The van der Waals surface area contributed by atoms with Gasteiger partial charge in [-0.05, 0) is 50.8 Å². The van der Waals surface area contributed by atoms with Crippen molar-refractivity contribution >= 4 is 0 Å². The molecule has 0 spiro atoms. The van der Waals surface area contributed by atoms with Crippen LogP contribution in [0.4, 0.5) is 0 Å². The molecule has 3 aromatic heterocycles. The molecule has 7 nitrogen and oxygen atoms in total. The zero-order valence-corrected chi connectivity index (χ0v) is 19.8. The predicted molar refractivity (Wildman–Crippen MR) is 132 cm³/mol. The first-order valence-electron chi connectivity index (χ1n) is 11.8. The summed E-state index contributed by atoms with van der Waals surface area (Å²) >= 11 is 0. The number of hydrogen-bond donors (Lipinski definition) is 1. The van der Waals surface area contributed by atoms with Crippen molar-refractivity contribution in [1.29, 1.82) is 0 Å². The highest BCUT2D eigenvalue weighted by Crippen LogP contribution is 2.34. The summed E-state index contributed by atoms with van der Waals surface area (Å²) in [5.41, 5.74) is 5.95. The lowest BCUT2D eigenvalue weighted by molar-refractivity contribution is 0.433. The van der Waals surface area contributed by atoms with Crippen molar-refractivity contribution < 1.29 is 4.52 Å². The molecule has 0 bridgehead atoms. The van der Waals surface area contributed by atoms with Gasteiger partial charge in [0.25, 0.3) is 5.56 Å². The van der Waals surface area contributed by atoms with Crippen molar-refractivity contribution in [3.63, 3.8) is 0 Å². The highest BCUT2D eigenvalue weighted by Gasteiger charge is 2.24. The lowest BCUT2D eigenvalue weighted by atomic mass is 10.1. The van der Waals surface area contributed by atoms with Crippen molar-refractivity contribution in [3.05, 3.63) is 76.5 Å². The highest BCUT2D eigenvalue weighted by atomic mass is 16.5. The lowest BCUT2D eigenvalue weighted by Gasteiger charge is -2.15. The summed E-state index contributed by atoms with van der Waals surface area (Å²) in [6, 6.07) is 13.8. The molecule has 174 valence electrons. The molecule has 1 aliphatic rings. The van der Waals surface area contributed by atoms with E-state index < -0.39 is 0 Å². The molecule has 2 unspecified atom stereocenters. The Morgan fingerprint density at radius 3 is 2.62 bits per heavy atom. The molecule has 0 amide bonds. The Hall–Kier alpha value is -3.58. The third kappa shape index (κ3) is 4.43. The van der Waals surface area contributed by atoms with Gasteiger partial charge in [0.2, 0.25) is 0 Å². The van der Waals surface area contributed by atoms with Gasteiger partial charge >= 0.3 is 0 Å². The summed E-state index contributed by atoms with van der Waals surface area (Å²) in [6.07, 6.45) is 6.89. The molecular weight excluding hydrogens is 426 g/mol. The Labute approximate surface area is 198 Å². The van der Waals surface area contributed by atoms with Crippen LogP contribution in [-0.2, 0) is 6.54 Å². The van der Waals surface area contributed by atoms with Gasteiger partial charge in [-0.1, -0.05) is 36.3 Å². The van der Waals surface area contributed by atoms with E-state index in [1.807, 2.05) is 49.0 Å². The van der Waals surface area contributed by atoms with E-state index in [0.29, 0.717) is 23.1 Å². The molecule has 7 heteroatoms. The van der Waals surface area contributed by atoms with Gasteiger partial charge in [-0.2, -0.15) is 0 Å². The number of hydrogen-bond acceptors (Lipinski definition) is 6. The maximum atomic E-state index is 12.5. The van der Waals surface area contributed by atoms with Crippen LogP contribution in [0.2, 0.25) is 0 Å². The van der Waals surface area contributed by atoms with Crippen molar-refractivity contribution in [3.8, 4) is 34.0 Å². The Morgan fingerprint density at radius 2 is 1.88 bits per heavy atom. The number of nitrogens with zero attached hydrogens (tertiary/aromatic N) is 4. The topological polar surface area (TPSA) is 85.8 Å². The Bertz CT molecular complexity index is 1360. The molecule has 5 rings (SSSR count). The predicted octanol–water partition coefficient (Wildman–Crippen LogP) is 5.02. The van der Waals surface area contributed by atoms with E-state index in [4.69, 9.17) is 9.51 Å². The van der Waals surface area contributed by atoms with Crippen LogP contribution >= 0.6 is 0 Å². The maximum absolute atomic E-state index is 12.5. The fourth-order valence-corrected chi connectivity index (χ4v) is 4.71. The number of benzene rings is 1. The van der Waals surface area contributed by atoms with Gasteiger partial charge in [-0.15, -0.1) is 0 Å². The quantitative estimate of drug-likeness (QED) is 0.440. The number of aromatic nitrogens is 4. The molecule has 1 fully saturated rings. The summed E-state index contributed by atoms with van der Waals surface area (Å²) in [7, 11) is 1.93. The summed E-state index contributed by atoms with van der Waals surface area (Å²) in [4.78, 5) is 21.9. The number of pyridine rings is 1. The average molecular weight is 456 g/mol. The number of aryl methyl sites for hydroxylation is 1. The van der Waals surface area contributed by atoms with Crippen molar-refractivity contribution in [1.82, 2.24) is 25.0 Å². The minimum Gasteiger partial charge on any atom is -0.354 e. The van der Waals surface area contributed by atoms with Gasteiger partial charge in [-0.3, -0.25) is 9.78 Å². The second-order valence-corrected chi connectivity index (χ2v) is 9.23. The Balaban J connectivity index is 1.46. The van der Waals surface area contributed by atoms with Crippen LogP contribution in [0.1, 0.15) is 43.5 Å². The highest BCUT2D eigenvalue weighted by molar-refractivity contribution is 5.68. The molecular formula is C27H29N5O2. The van der Waals surface area contributed by atoms with Crippen LogP contribution in [0.25, 0.3) is 34.0 Å². The second-order valence-electron chi connectivity index (χ2n) is 9.23. The molecule has 3 heterocycles. The van der Waals surface area contributed by atoms with Gasteiger partial charge < -0.3 is 14.4 Å². The van der Waals surface area contributed by atoms with Crippen LogP contribution in [0.3, 0.4) is 0 Å². The molecule has 1 saturated carbocycles. The zero-order valence-electron chi connectivity index (χ0n) is 19.8. The van der Waals surface area contributed by atoms with Crippen LogP contribution in [0.15, 0.2) is 64.2 Å². The summed E-state index contributed by atoms with van der Waals surface area (Å²) in [6.45, 7) is 4.97. The normalized spacial score (nSPS) is 17.9. The average Bonchev–Trinajstić information content (AvgIpc) is 3.50. The van der Waals surface area contributed by atoms with E-state index in [1.54, 1.807) is 12.3 Å². The number of nitrogens with one attached hydrogen (secondary N) is 1. The Morgan fingerprint density at radius 1 is 1.09 bits per heavy atom. The molecule has 1 aromatic carbocycles. The van der Waals surface area contributed by atoms with Gasteiger partial charge in [0.05, 0.1) is 17.6 Å². The molecule has 0 radical (unpaired) electrons.